The second kappa shape index (κ2) is 5.88. The van der Waals surface area contributed by atoms with Crippen LogP contribution in [0.4, 0.5) is 0 Å². The number of likely N-dealkylation sites (tertiary alicyclic amines) is 1. The number of nitrogens with zero attached hydrogens (tertiary/aromatic N) is 2. The third-order valence-electron chi connectivity index (χ3n) is 4.63. The van der Waals surface area contributed by atoms with Gasteiger partial charge in [-0.2, -0.15) is 0 Å². The Bertz CT molecular complexity index is 593. The van der Waals surface area contributed by atoms with Crippen LogP contribution in [0.3, 0.4) is 0 Å². The predicted molar refractivity (Wildman–Crippen MR) is 84.1 cm³/mol. The first-order valence-electron chi connectivity index (χ1n) is 7.92. The molecule has 0 spiro atoms. The summed E-state index contributed by atoms with van der Waals surface area (Å²) in [5.41, 5.74) is 2.14. The van der Waals surface area contributed by atoms with E-state index < -0.39 is 0 Å². The number of hydrogen-bond donors (Lipinski definition) is 1. The van der Waals surface area contributed by atoms with Crippen molar-refractivity contribution in [2.75, 3.05) is 13.1 Å². The highest BCUT2D eigenvalue weighted by Crippen LogP contribution is 2.28. The highest BCUT2D eigenvalue weighted by molar-refractivity contribution is 5.78. The lowest BCUT2D eigenvalue weighted by Crippen LogP contribution is -2.40. The van der Waals surface area contributed by atoms with Crippen molar-refractivity contribution in [3.8, 4) is 0 Å². The second-order valence-corrected chi connectivity index (χ2v) is 6.05. The van der Waals surface area contributed by atoms with E-state index in [0.717, 1.165) is 49.2 Å². The number of para-hydroxylation sites is 2. The summed E-state index contributed by atoms with van der Waals surface area (Å²) in [5.74, 6) is 1.97. The molecule has 4 nitrogen and oxygen atoms in total. The Labute approximate surface area is 125 Å². The maximum absolute atomic E-state index is 12.2. The Morgan fingerprint density at radius 1 is 1.38 bits per heavy atom. The summed E-state index contributed by atoms with van der Waals surface area (Å²) in [6.45, 7) is 5.80. The number of aromatic amines is 1. The van der Waals surface area contributed by atoms with Gasteiger partial charge in [-0.25, -0.2) is 4.98 Å². The highest BCUT2D eigenvalue weighted by atomic mass is 16.2. The Kier molecular flexibility index (Phi) is 3.95. The van der Waals surface area contributed by atoms with E-state index in [-0.39, 0.29) is 5.92 Å². The van der Waals surface area contributed by atoms with E-state index in [1.54, 1.807) is 0 Å². The molecule has 0 aliphatic carbocycles. The molecule has 21 heavy (non-hydrogen) atoms. The van der Waals surface area contributed by atoms with E-state index in [1.165, 1.54) is 0 Å². The molecule has 1 atom stereocenters. The highest BCUT2D eigenvalue weighted by Gasteiger charge is 2.27. The molecule has 1 N–H and O–H groups in total. The zero-order chi connectivity index (χ0) is 14.8. The monoisotopic (exact) mass is 285 g/mol. The first kappa shape index (κ1) is 14.1. The first-order chi connectivity index (χ1) is 10.2. The number of nitrogens with one attached hydrogen (secondary N) is 1. The third-order valence-corrected chi connectivity index (χ3v) is 4.63. The van der Waals surface area contributed by atoms with Crippen LogP contribution in [0.25, 0.3) is 11.0 Å². The number of benzene rings is 1. The van der Waals surface area contributed by atoms with Crippen LogP contribution >= 0.6 is 0 Å². The van der Waals surface area contributed by atoms with E-state index in [9.17, 15) is 4.79 Å². The van der Waals surface area contributed by atoms with E-state index >= 15 is 0 Å². The molecule has 1 aromatic carbocycles. The molecule has 1 saturated heterocycles. The summed E-state index contributed by atoms with van der Waals surface area (Å²) in [6.07, 6.45) is 2.92. The fraction of sp³-hybridized carbons (Fsp3) is 0.529. The average Bonchev–Trinajstić information content (AvgIpc) is 2.97. The number of hydrogen-bond acceptors (Lipinski definition) is 2. The maximum Gasteiger partial charge on any atom is 0.225 e. The van der Waals surface area contributed by atoms with E-state index in [4.69, 9.17) is 4.98 Å². The number of piperidine rings is 1. The molecule has 1 unspecified atom stereocenters. The van der Waals surface area contributed by atoms with Crippen molar-refractivity contribution in [1.82, 2.24) is 14.9 Å². The van der Waals surface area contributed by atoms with Crippen molar-refractivity contribution in [2.45, 2.75) is 39.0 Å². The van der Waals surface area contributed by atoms with Crippen molar-refractivity contribution in [2.24, 2.45) is 5.92 Å². The topological polar surface area (TPSA) is 49.0 Å². The van der Waals surface area contributed by atoms with Gasteiger partial charge in [0.15, 0.2) is 0 Å². The van der Waals surface area contributed by atoms with Crippen molar-refractivity contribution in [3.63, 3.8) is 0 Å². The van der Waals surface area contributed by atoms with Gasteiger partial charge in [-0.3, -0.25) is 4.79 Å². The summed E-state index contributed by atoms with van der Waals surface area (Å²) in [7, 11) is 0. The normalized spacial score (nSPS) is 18.1. The van der Waals surface area contributed by atoms with Gasteiger partial charge in [0.1, 0.15) is 5.82 Å². The number of carbonyl (C=O) groups excluding carboxylic acids is 1. The molecule has 1 fully saturated rings. The Morgan fingerprint density at radius 3 is 2.76 bits per heavy atom. The molecule has 1 aliphatic heterocycles. The van der Waals surface area contributed by atoms with Crippen LogP contribution in [0.5, 0.6) is 0 Å². The van der Waals surface area contributed by atoms with Crippen molar-refractivity contribution in [1.29, 1.82) is 0 Å². The first-order valence-corrected chi connectivity index (χ1v) is 7.92. The molecular formula is C17H23N3O. The minimum Gasteiger partial charge on any atom is -0.342 e. The van der Waals surface area contributed by atoms with Crippen LogP contribution in [0, 0.1) is 5.92 Å². The number of H-pyrrole nitrogens is 1. The molecule has 1 aliphatic rings. The lowest BCUT2D eigenvalue weighted by Gasteiger charge is -2.32. The summed E-state index contributed by atoms with van der Waals surface area (Å²) >= 11 is 0. The third kappa shape index (κ3) is 2.80. The molecule has 1 amide bonds. The number of rotatable bonds is 3. The summed E-state index contributed by atoms with van der Waals surface area (Å²) in [6, 6.07) is 8.14. The number of amides is 1. The molecular weight excluding hydrogens is 262 g/mol. The van der Waals surface area contributed by atoms with Gasteiger partial charge in [-0.05, 0) is 31.4 Å². The van der Waals surface area contributed by atoms with Gasteiger partial charge in [-0.15, -0.1) is 0 Å². The summed E-state index contributed by atoms with van der Waals surface area (Å²) < 4.78 is 0. The molecule has 2 heterocycles. The van der Waals surface area contributed by atoms with Gasteiger partial charge in [0.05, 0.1) is 11.0 Å². The van der Waals surface area contributed by atoms with Gasteiger partial charge >= 0.3 is 0 Å². The van der Waals surface area contributed by atoms with Crippen molar-refractivity contribution < 1.29 is 4.79 Å². The zero-order valence-electron chi connectivity index (χ0n) is 12.8. The smallest absolute Gasteiger partial charge is 0.225 e. The van der Waals surface area contributed by atoms with Gasteiger partial charge in [0.2, 0.25) is 5.91 Å². The molecule has 4 heteroatoms. The van der Waals surface area contributed by atoms with Gasteiger partial charge < -0.3 is 9.88 Å². The SMILES string of the molecule is CCC(C)C(=O)N1CCC(c2nc3ccccc3[nH]2)CC1. The average molecular weight is 285 g/mol. The fourth-order valence-electron chi connectivity index (χ4n) is 3.03. The number of fused-ring (bicyclic) bond motifs is 1. The molecule has 2 aromatic rings. The van der Waals surface area contributed by atoms with Gasteiger partial charge in [0.25, 0.3) is 0 Å². The minimum atomic E-state index is 0.146. The number of aromatic nitrogens is 2. The lowest BCUT2D eigenvalue weighted by molar-refractivity contribution is -0.136. The molecule has 0 radical (unpaired) electrons. The van der Waals surface area contributed by atoms with Gasteiger partial charge in [-0.1, -0.05) is 26.0 Å². The van der Waals surface area contributed by atoms with Crippen LogP contribution in [0.15, 0.2) is 24.3 Å². The minimum absolute atomic E-state index is 0.146. The van der Waals surface area contributed by atoms with Crippen molar-refractivity contribution in [3.05, 3.63) is 30.1 Å². The van der Waals surface area contributed by atoms with E-state index in [0.29, 0.717) is 11.8 Å². The van der Waals surface area contributed by atoms with Crippen molar-refractivity contribution >= 4 is 16.9 Å². The number of imidazole rings is 1. The second-order valence-electron chi connectivity index (χ2n) is 6.05. The van der Waals surface area contributed by atoms with Crippen LogP contribution < -0.4 is 0 Å². The molecule has 0 saturated carbocycles. The maximum atomic E-state index is 12.2. The summed E-state index contributed by atoms with van der Waals surface area (Å²) in [4.78, 5) is 22.4. The summed E-state index contributed by atoms with van der Waals surface area (Å²) in [5, 5.41) is 0. The van der Waals surface area contributed by atoms with Crippen LogP contribution in [-0.4, -0.2) is 33.9 Å². The predicted octanol–water partition coefficient (Wildman–Crippen LogP) is 3.32. The van der Waals surface area contributed by atoms with E-state index in [2.05, 4.69) is 18.0 Å². The largest absolute Gasteiger partial charge is 0.342 e. The molecule has 3 rings (SSSR count). The van der Waals surface area contributed by atoms with Crippen LogP contribution in [0.1, 0.15) is 44.9 Å². The quantitative estimate of drug-likeness (QED) is 0.940. The van der Waals surface area contributed by atoms with Crippen LogP contribution in [-0.2, 0) is 4.79 Å². The van der Waals surface area contributed by atoms with E-state index in [1.807, 2.05) is 30.0 Å². The lowest BCUT2D eigenvalue weighted by atomic mass is 9.95. The van der Waals surface area contributed by atoms with Crippen LogP contribution in [0.2, 0.25) is 0 Å². The molecule has 1 aromatic heterocycles. The Balaban J connectivity index is 1.67. The number of carbonyl (C=O) groups is 1. The van der Waals surface area contributed by atoms with Gasteiger partial charge in [0, 0.05) is 24.9 Å². The molecule has 112 valence electrons. The standard InChI is InChI=1S/C17H23N3O/c1-3-12(2)17(21)20-10-8-13(9-11-20)16-18-14-6-4-5-7-15(14)19-16/h4-7,12-13H,3,8-11H2,1-2H3,(H,18,19). The Morgan fingerprint density at radius 2 is 2.10 bits per heavy atom. The fourth-order valence-corrected chi connectivity index (χ4v) is 3.03. The molecule has 0 bridgehead atoms. The Hall–Kier alpha value is -1.84. The zero-order valence-corrected chi connectivity index (χ0v) is 12.8.